The van der Waals surface area contributed by atoms with Crippen LogP contribution in [0.25, 0.3) is 11.0 Å². The third kappa shape index (κ3) is 4.35. The molecule has 0 bridgehead atoms. The number of carbonyl (C=O) groups is 1. The molecule has 2 heterocycles. The number of aromatic nitrogens is 2. The summed E-state index contributed by atoms with van der Waals surface area (Å²) in [5.41, 5.74) is 3.98. The lowest BCUT2D eigenvalue weighted by atomic mass is 10.0. The minimum Gasteiger partial charge on any atom is -0.306 e. The molecule has 152 valence electrons. The van der Waals surface area contributed by atoms with Crippen molar-refractivity contribution >= 4 is 16.8 Å². The van der Waals surface area contributed by atoms with Gasteiger partial charge in [-0.25, -0.2) is 4.79 Å². The Morgan fingerprint density at radius 1 is 1.07 bits per heavy atom. The molecule has 1 N–H and O–H groups in total. The molecule has 2 aromatic carbocycles. The van der Waals surface area contributed by atoms with Crippen LogP contribution in [0.15, 0.2) is 53.3 Å². The van der Waals surface area contributed by atoms with Crippen molar-refractivity contribution < 1.29 is 4.79 Å². The van der Waals surface area contributed by atoms with Crippen LogP contribution in [0.1, 0.15) is 54.6 Å². The van der Waals surface area contributed by atoms with Crippen LogP contribution in [0.5, 0.6) is 0 Å². The van der Waals surface area contributed by atoms with Gasteiger partial charge in [-0.3, -0.25) is 9.36 Å². The maximum absolute atomic E-state index is 12.4. The highest BCUT2D eigenvalue weighted by atomic mass is 16.1. The molecule has 1 fully saturated rings. The van der Waals surface area contributed by atoms with Gasteiger partial charge in [-0.15, -0.1) is 0 Å². The average Bonchev–Trinajstić information content (AvgIpc) is 3.10. The van der Waals surface area contributed by atoms with Crippen LogP contribution in [0.4, 0.5) is 0 Å². The molecule has 1 aromatic heterocycles. The number of rotatable bonds is 7. The topological polar surface area (TPSA) is 58.1 Å². The number of piperidine rings is 1. The van der Waals surface area contributed by atoms with Crippen molar-refractivity contribution in [3.8, 4) is 0 Å². The van der Waals surface area contributed by atoms with E-state index in [-0.39, 0.29) is 17.5 Å². The number of nitrogens with one attached hydrogen (secondary N) is 1. The molecule has 0 amide bonds. The van der Waals surface area contributed by atoms with Crippen molar-refractivity contribution in [3.05, 3.63) is 70.1 Å². The quantitative estimate of drug-likeness (QED) is 0.614. The summed E-state index contributed by atoms with van der Waals surface area (Å²) in [4.78, 5) is 30.2. The first-order valence-corrected chi connectivity index (χ1v) is 10.7. The third-order valence-electron chi connectivity index (χ3n) is 6.11. The maximum atomic E-state index is 12.4. The molecule has 0 spiro atoms. The molecule has 1 aliphatic heterocycles. The second kappa shape index (κ2) is 8.78. The summed E-state index contributed by atoms with van der Waals surface area (Å²) in [6, 6.07) is 16.1. The maximum Gasteiger partial charge on any atom is 0.326 e. The second-order valence-corrected chi connectivity index (χ2v) is 7.97. The number of hydrogen-bond donors (Lipinski definition) is 1. The van der Waals surface area contributed by atoms with Gasteiger partial charge in [-0.1, -0.05) is 43.3 Å². The number of aromatic amines is 1. The van der Waals surface area contributed by atoms with Gasteiger partial charge in [0.15, 0.2) is 5.78 Å². The van der Waals surface area contributed by atoms with Crippen molar-refractivity contribution in [1.82, 2.24) is 14.5 Å². The van der Waals surface area contributed by atoms with Gasteiger partial charge in [0.05, 0.1) is 11.0 Å². The molecule has 1 aliphatic rings. The zero-order valence-corrected chi connectivity index (χ0v) is 17.1. The SMILES string of the molecule is CCc1ccc(C(=O)CCCN2CCC(n3c(=O)[nH]c4ccccc43)CC2)cc1. The van der Waals surface area contributed by atoms with Gasteiger partial charge < -0.3 is 9.88 Å². The van der Waals surface area contributed by atoms with Crippen LogP contribution in [0, 0.1) is 0 Å². The molecule has 4 rings (SSSR count). The molecule has 0 atom stereocenters. The predicted molar refractivity (Wildman–Crippen MR) is 117 cm³/mol. The molecular formula is C24H29N3O2. The number of carbonyl (C=O) groups excluding carboxylic acids is 1. The van der Waals surface area contributed by atoms with Gasteiger partial charge in [-0.2, -0.15) is 0 Å². The summed E-state index contributed by atoms with van der Waals surface area (Å²) in [5.74, 6) is 0.230. The molecule has 1 saturated heterocycles. The monoisotopic (exact) mass is 391 g/mol. The second-order valence-electron chi connectivity index (χ2n) is 7.97. The van der Waals surface area contributed by atoms with E-state index < -0.39 is 0 Å². The van der Waals surface area contributed by atoms with Crippen LogP contribution < -0.4 is 5.69 Å². The van der Waals surface area contributed by atoms with Crippen molar-refractivity contribution in [2.75, 3.05) is 19.6 Å². The summed E-state index contributed by atoms with van der Waals surface area (Å²) >= 11 is 0. The number of aryl methyl sites for hydroxylation is 1. The number of fused-ring (bicyclic) bond motifs is 1. The zero-order chi connectivity index (χ0) is 20.2. The van der Waals surface area contributed by atoms with E-state index in [1.807, 2.05) is 53.1 Å². The lowest BCUT2D eigenvalue weighted by Crippen LogP contribution is -2.37. The summed E-state index contributed by atoms with van der Waals surface area (Å²) in [6.45, 7) is 5.00. The summed E-state index contributed by atoms with van der Waals surface area (Å²) in [5, 5.41) is 0. The average molecular weight is 392 g/mol. The van der Waals surface area contributed by atoms with Gasteiger partial charge >= 0.3 is 5.69 Å². The number of ketones is 1. The van der Waals surface area contributed by atoms with Crippen LogP contribution in [0.3, 0.4) is 0 Å². The van der Waals surface area contributed by atoms with E-state index in [2.05, 4.69) is 16.8 Å². The molecule has 0 unspecified atom stereocenters. The minimum atomic E-state index is -0.00987. The lowest BCUT2D eigenvalue weighted by molar-refractivity contribution is 0.0970. The highest BCUT2D eigenvalue weighted by molar-refractivity contribution is 5.96. The Labute approximate surface area is 171 Å². The van der Waals surface area contributed by atoms with Crippen LogP contribution in [-0.4, -0.2) is 39.9 Å². The van der Waals surface area contributed by atoms with E-state index in [0.29, 0.717) is 6.42 Å². The number of H-pyrrole nitrogens is 1. The highest BCUT2D eigenvalue weighted by Gasteiger charge is 2.23. The van der Waals surface area contributed by atoms with E-state index in [1.165, 1.54) is 5.56 Å². The fourth-order valence-electron chi connectivity index (χ4n) is 4.37. The van der Waals surface area contributed by atoms with Gasteiger partial charge in [0.2, 0.25) is 0 Å². The van der Waals surface area contributed by atoms with E-state index >= 15 is 0 Å². The van der Waals surface area contributed by atoms with Crippen molar-refractivity contribution in [3.63, 3.8) is 0 Å². The number of hydrogen-bond acceptors (Lipinski definition) is 3. The summed E-state index contributed by atoms with van der Waals surface area (Å²) < 4.78 is 1.93. The number of nitrogens with zero attached hydrogens (tertiary/aromatic N) is 2. The van der Waals surface area contributed by atoms with E-state index in [9.17, 15) is 9.59 Å². The molecular weight excluding hydrogens is 362 g/mol. The van der Waals surface area contributed by atoms with Gasteiger partial charge in [0, 0.05) is 31.1 Å². The third-order valence-corrected chi connectivity index (χ3v) is 6.11. The molecule has 5 nitrogen and oxygen atoms in total. The van der Waals surface area contributed by atoms with Gasteiger partial charge in [-0.05, 0) is 49.9 Å². The minimum absolute atomic E-state index is 0.00987. The molecule has 0 radical (unpaired) electrons. The Balaban J connectivity index is 1.27. The number of Topliss-reactive ketones (excluding diaryl/α,β-unsaturated/α-hetero) is 1. The summed E-state index contributed by atoms with van der Waals surface area (Å²) in [6.07, 6.45) is 4.40. The first kappa shape index (κ1) is 19.6. The predicted octanol–water partition coefficient (Wildman–Crippen LogP) is 4.19. The Bertz CT molecular complexity index is 1020. The summed E-state index contributed by atoms with van der Waals surface area (Å²) in [7, 11) is 0. The van der Waals surface area contributed by atoms with Crippen LogP contribution in [-0.2, 0) is 6.42 Å². The van der Waals surface area contributed by atoms with E-state index in [1.54, 1.807) is 0 Å². The van der Waals surface area contributed by atoms with Crippen molar-refractivity contribution in [1.29, 1.82) is 0 Å². The lowest BCUT2D eigenvalue weighted by Gasteiger charge is -2.32. The highest BCUT2D eigenvalue weighted by Crippen LogP contribution is 2.25. The normalized spacial score (nSPS) is 15.8. The standard InChI is InChI=1S/C24H29N3O2/c1-2-18-9-11-19(12-10-18)23(28)8-5-15-26-16-13-20(14-17-26)27-22-7-4-3-6-21(22)25-24(27)29/h3-4,6-7,9-12,20H,2,5,8,13-17H2,1H3,(H,25,29). The zero-order valence-electron chi connectivity index (χ0n) is 17.1. The smallest absolute Gasteiger partial charge is 0.306 e. The Hall–Kier alpha value is -2.66. The Morgan fingerprint density at radius 2 is 1.79 bits per heavy atom. The largest absolute Gasteiger partial charge is 0.326 e. The van der Waals surface area contributed by atoms with Crippen LogP contribution in [0.2, 0.25) is 0 Å². The van der Waals surface area contributed by atoms with Crippen molar-refractivity contribution in [2.24, 2.45) is 0 Å². The molecule has 5 heteroatoms. The molecule has 0 saturated carbocycles. The number of imidazole rings is 1. The number of likely N-dealkylation sites (tertiary alicyclic amines) is 1. The number of benzene rings is 2. The molecule has 29 heavy (non-hydrogen) atoms. The van der Waals surface area contributed by atoms with Crippen molar-refractivity contribution in [2.45, 2.75) is 45.1 Å². The van der Waals surface area contributed by atoms with Gasteiger partial charge in [0.25, 0.3) is 0 Å². The molecule has 0 aliphatic carbocycles. The fraction of sp³-hybridized carbons (Fsp3) is 0.417. The van der Waals surface area contributed by atoms with Crippen LogP contribution >= 0.6 is 0 Å². The molecule has 3 aromatic rings. The first-order chi connectivity index (χ1) is 14.2. The Morgan fingerprint density at radius 3 is 2.52 bits per heavy atom. The fourth-order valence-corrected chi connectivity index (χ4v) is 4.37. The van der Waals surface area contributed by atoms with E-state index in [4.69, 9.17) is 0 Å². The Kier molecular flexibility index (Phi) is 5.95. The van der Waals surface area contributed by atoms with Gasteiger partial charge in [0.1, 0.15) is 0 Å². The van der Waals surface area contributed by atoms with E-state index in [0.717, 1.165) is 61.9 Å². The number of para-hydroxylation sites is 2. The first-order valence-electron chi connectivity index (χ1n) is 10.7.